The molecule has 19 heavy (non-hydrogen) atoms. The van der Waals surface area contributed by atoms with E-state index in [4.69, 9.17) is 11.6 Å². The van der Waals surface area contributed by atoms with Gasteiger partial charge in [0.1, 0.15) is 0 Å². The summed E-state index contributed by atoms with van der Waals surface area (Å²) in [6, 6.07) is 3.74. The monoisotopic (exact) mass is 292 g/mol. The van der Waals surface area contributed by atoms with E-state index in [2.05, 4.69) is 10.2 Å². The van der Waals surface area contributed by atoms with Crippen LogP contribution in [-0.4, -0.2) is 31.1 Å². The molecule has 0 bridgehead atoms. The van der Waals surface area contributed by atoms with Crippen LogP contribution in [0.3, 0.4) is 0 Å². The number of hydrogen-bond acceptors (Lipinski definition) is 2. The number of alkyl halides is 3. The first kappa shape index (κ1) is 14.6. The van der Waals surface area contributed by atoms with E-state index < -0.39 is 11.7 Å². The topological polar surface area (TPSA) is 15.3 Å². The van der Waals surface area contributed by atoms with Gasteiger partial charge in [-0.1, -0.05) is 17.7 Å². The molecule has 0 saturated carbocycles. The largest absolute Gasteiger partial charge is 0.416 e. The SMILES string of the molecule is C[C@@H](c1ccc(Cl)cc1C(F)(F)F)N1CCNCC1. The van der Waals surface area contributed by atoms with Gasteiger partial charge in [-0.15, -0.1) is 0 Å². The van der Waals surface area contributed by atoms with Crippen LogP contribution in [0.25, 0.3) is 0 Å². The number of rotatable bonds is 2. The van der Waals surface area contributed by atoms with Crippen molar-refractivity contribution in [2.45, 2.75) is 19.1 Å². The summed E-state index contributed by atoms with van der Waals surface area (Å²) in [7, 11) is 0. The standard InChI is InChI=1S/C13H16ClF3N2/c1-9(19-6-4-18-5-7-19)11-3-2-10(14)8-12(11)13(15,16)17/h2-3,8-9,18H,4-7H2,1H3/t9-/m0/s1. The fourth-order valence-electron chi connectivity index (χ4n) is 2.40. The Balaban J connectivity index is 2.32. The third kappa shape index (κ3) is 3.41. The molecule has 0 unspecified atom stereocenters. The molecule has 1 fully saturated rings. The Kier molecular flexibility index (Phi) is 4.38. The van der Waals surface area contributed by atoms with Crippen molar-refractivity contribution in [2.24, 2.45) is 0 Å². The van der Waals surface area contributed by atoms with Crippen LogP contribution in [0, 0.1) is 0 Å². The summed E-state index contributed by atoms with van der Waals surface area (Å²) in [5.74, 6) is 0. The number of benzene rings is 1. The highest BCUT2D eigenvalue weighted by atomic mass is 35.5. The maximum atomic E-state index is 13.1. The Morgan fingerprint density at radius 3 is 2.47 bits per heavy atom. The molecule has 1 atom stereocenters. The Morgan fingerprint density at radius 1 is 1.26 bits per heavy atom. The van der Waals surface area contributed by atoms with E-state index in [0.717, 1.165) is 32.2 Å². The molecule has 2 nitrogen and oxygen atoms in total. The maximum Gasteiger partial charge on any atom is 0.416 e. The van der Waals surface area contributed by atoms with Crippen molar-refractivity contribution in [3.63, 3.8) is 0 Å². The summed E-state index contributed by atoms with van der Waals surface area (Å²) in [5, 5.41) is 3.30. The number of nitrogens with one attached hydrogen (secondary N) is 1. The predicted molar refractivity (Wildman–Crippen MR) is 69.3 cm³/mol. The van der Waals surface area contributed by atoms with Crippen LogP contribution in [0.4, 0.5) is 13.2 Å². The molecule has 1 N–H and O–H groups in total. The maximum absolute atomic E-state index is 13.1. The van der Waals surface area contributed by atoms with Gasteiger partial charge in [0.2, 0.25) is 0 Å². The number of halogens is 4. The molecule has 0 aromatic heterocycles. The molecule has 0 radical (unpaired) electrons. The molecule has 0 spiro atoms. The summed E-state index contributed by atoms with van der Waals surface area (Å²) in [6.07, 6.45) is -4.37. The molecule has 1 aromatic carbocycles. The minimum atomic E-state index is -4.37. The molecule has 1 heterocycles. The van der Waals surface area contributed by atoms with E-state index in [0.29, 0.717) is 5.56 Å². The average Bonchev–Trinajstić information content (AvgIpc) is 2.38. The molecule has 0 amide bonds. The molecule has 1 aliphatic rings. The summed E-state index contributed by atoms with van der Waals surface area (Å²) in [6.45, 7) is 4.92. The van der Waals surface area contributed by atoms with E-state index in [1.54, 1.807) is 0 Å². The van der Waals surface area contributed by atoms with Gasteiger partial charge in [0.25, 0.3) is 0 Å². The van der Waals surface area contributed by atoms with Gasteiger partial charge >= 0.3 is 6.18 Å². The normalized spacial score (nSPS) is 19.4. The van der Waals surface area contributed by atoms with Gasteiger partial charge in [-0.2, -0.15) is 13.2 Å². The third-order valence-electron chi connectivity index (χ3n) is 3.47. The van der Waals surface area contributed by atoms with Crippen LogP contribution in [-0.2, 0) is 6.18 Å². The molecule has 6 heteroatoms. The number of nitrogens with zero attached hydrogens (tertiary/aromatic N) is 1. The second kappa shape index (κ2) is 5.69. The Bertz CT molecular complexity index is 442. The van der Waals surface area contributed by atoms with Gasteiger partial charge < -0.3 is 5.32 Å². The van der Waals surface area contributed by atoms with Crippen molar-refractivity contribution in [3.05, 3.63) is 34.3 Å². The van der Waals surface area contributed by atoms with E-state index in [9.17, 15) is 13.2 Å². The number of piperazine rings is 1. The minimum Gasteiger partial charge on any atom is -0.314 e. The smallest absolute Gasteiger partial charge is 0.314 e. The van der Waals surface area contributed by atoms with E-state index in [1.165, 1.54) is 12.1 Å². The second-order valence-corrected chi connectivity index (χ2v) is 5.13. The van der Waals surface area contributed by atoms with E-state index in [1.807, 2.05) is 6.92 Å². The van der Waals surface area contributed by atoms with Gasteiger partial charge in [0.05, 0.1) is 5.56 Å². The quantitative estimate of drug-likeness (QED) is 0.899. The Morgan fingerprint density at radius 2 is 1.89 bits per heavy atom. The number of hydrogen-bond donors (Lipinski definition) is 1. The van der Waals surface area contributed by atoms with E-state index in [-0.39, 0.29) is 11.1 Å². The van der Waals surface area contributed by atoms with Crippen LogP contribution in [0.1, 0.15) is 24.1 Å². The Hall–Kier alpha value is -0.780. The highest BCUT2D eigenvalue weighted by Gasteiger charge is 2.35. The average molecular weight is 293 g/mol. The summed E-state index contributed by atoms with van der Waals surface area (Å²) < 4.78 is 39.2. The lowest BCUT2D eigenvalue weighted by Gasteiger charge is -2.34. The summed E-state index contributed by atoms with van der Waals surface area (Å²) in [4.78, 5) is 2.05. The van der Waals surface area contributed by atoms with Gasteiger partial charge in [-0.3, -0.25) is 4.90 Å². The summed E-state index contributed by atoms with van der Waals surface area (Å²) >= 11 is 5.69. The van der Waals surface area contributed by atoms with Crippen LogP contribution in [0.5, 0.6) is 0 Å². The molecule has 1 saturated heterocycles. The fraction of sp³-hybridized carbons (Fsp3) is 0.538. The molecule has 106 valence electrons. The lowest BCUT2D eigenvalue weighted by atomic mass is 9.99. The summed E-state index contributed by atoms with van der Waals surface area (Å²) in [5.41, 5.74) is -0.343. The van der Waals surface area contributed by atoms with Crippen LogP contribution in [0.2, 0.25) is 5.02 Å². The van der Waals surface area contributed by atoms with E-state index >= 15 is 0 Å². The molecular formula is C13H16ClF3N2. The first-order valence-electron chi connectivity index (χ1n) is 6.21. The van der Waals surface area contributed by atoms with Crippen molar-refractivity contribution in [3.8, 4) is 0 Å². The Labute approximate surface area is 115 Å². The lowest BCUT2D eigenvalue weighted by molar-refractivity contribution is -0.138. The lowest BCUT2D eigenvalue weighted by Crippen LogP contribution is -2.44. The molecule has 0 aliphatic carbocycles. The van der Waals surface area contributed by atoms with Crippen molar-refractivity contribution in [2.75, 3.05) is 26.2 Å². The predicted octanol–water partition coefficient (Wildman–Crippen LogP) is 3.33. The minimum absolute atomic E-state index is 0.114. The van der Waals surface area contributed by atoms with Gasteiger partial charge in [0.15, 0.2) is 0 Å². The molecule has 1 aromatic rings. The van der Waals surface area contributed by atoms with Crippen molar-refractivity contribution >= 4 is 11.6 Å². The van der Waals surface area contributed by atoms with Crippen LogP contribution >= 0.6 is 11.6 Å². The van der Waals surface area contributed by atoms with Crippen LogP contribution < -0.4 is 5.32 Å². The third-order valence-corrected chi connectivity index (χ3v) is 3.71. The fourth-order valence-corrected chi connectivity index (χ4v) is 2.58. The molecular weight excluding hydrogens is 277 g/mol. The second-order valence-electron chi connectivity index (χ2n) is 4.69. The highest BCUT2D eigenvalue weighted by molar-refractivity contribution is 6.30. The van der Waals surface area contributed by atoms with Crippen molar-refractivity contribution < 1.29 is 13.2 Å². The van der Waals surface area contributed by atoms with Crippen molar-refractivity contribution in [1.29, 1.82) is 0 Å². The van der Waals surface area contributed by atoms with Crippen molar-refractivity contribution in [1.82, 2.24) is 10.2 Å². The first-order chi connectivity index (χ1) is 8.89. The molecule has 1 aliphatic heterocycles. The van der Waals surface area contributed by atoms with Crippen LogP contribution in [0.15, 0.2) is 18.2 Å². The van der Waals surface area contributed by atoms with Gasteiger partial charge in [-0.05, 0) is 24.6 Å². The molecule has 2 rings (SSSR count). The highest BCUT2D eigenvalue weighted by Crippen LogP contribution is 2.37. The zero-order valence-electron chi connectivity index (χ0n) is 10.6. The first-order valence-corrected chi connectivity index (χ1v) is 6.59. The zero-order valence-corrected chi connectivity index (χ0v) is 11.4. The zero-order chi connectivity index (χ0) is 14.0. The van der Waals surface area contributed by atoms with Gasteiger partial charge in [0, 0.05) is 37.2 Å². The van der Waals surface area contributed by atoms with Gasteiger partial charge in [-0.25, -0.2) is 0 Å².